The maximum absolute atomic E-state index is 6.18. The fourth-order valence-corrected chi connectivity index (χ4v) is 2.35. The van der Waals surface area contributed by atoms with Crippen LogP contribution < -0.4 is 5.32 Å². The predicted octanol–water partition coefficient (Wildman–Crippen LogP) is 3.89. The summed E-state index contributed by atoms with van der Waals surface area (Å²) >= 11 is 9.59. The highest BCUT2D eigenvalue weighted by Gasteiger charge is 2.13. The molecule has 0 saturated heterocycles. The lowest BCUT2D eigenvalue weighted by Crippen LogP contribution is -2.32. The molecule has 0 radical (unpaired) electrons. The van der Waals surface area contributed by atoms with Gasteiger partial charge in [-0.2, -0.15) is 0 Å². The Kier molecular flexibility index (Phi) is 5.10. The number of rotatable bonds is 4. The molecule has 0 spiro atoms. The molecule has 1 aromatic carbocycles. The molecular formula is C12H17BrClN. The molecule has 0 aromatic heterocycles. The fourth-order valence-electron chi connectivity index (χ4n) is 1.60. The first-order chi connectivity index (χ1) is 7.04. The molecule has 0 fully saturated rings. The normalized spacial score (nSPS) is 13.2. The van der Waals surface area contributed by atoms with Crippen molar-refractivity contribution in [3.05, 3.63) is 33.3 Å². The van der Waals surface area contributed by atoms with E-state index in [9.17, 15) is 0 Å². The van der Waals surface area contributed by atoms with Crippen LogP contribution in [0.4, 0.5) is 0 Å². The number of benzene rings is 1. The number of hydrogen-bond acceptors (Lipinski definition) is 1. The second-order valence-electron chi connectivity index (χ2n) is 4.08. The first-order valence-electron chi connectivity index (χ1n) is 5.15. The standard InChI is InChI=1S/C12H17BrClN/c1-8(2)12(15-3)6-9-4-5-10(13)7-11(9)14/h4-5,7-8,12,15H,6H2,1-3H3. The van der Waals surface area contributed by atoms with E-state index in [4.69, 9.17) is 11.6 Å². The zero-order valence-electron chi connectivity index (χ0n) is 9.35. The van der Waals surface area contributed by atoms with Gasteiger partial charge in [-0.3, -0.25) is 0 Å². The molecule has 84 valence electrons. The average molecular weight is 291 g/mol. The van der Waals surface area contributed by atoms with E-state index < -0.39 is 0 Å². The molecule has 15 heavy (non-hydrogen) atoms. The van der Waals surface area contributed by atoms with Gasteiger partial charge in [-0.15, -0.1) is 0 Å². The monoisotopic (exact) mass is 289 g/mol. The lowest BCUT2D eigenvalue weighted by Gasteiger charge is -2.20. The molecule has 0 amide bonds. The molecular weight excluding hydrogens is 273 g/mol. The van der Waals surface area contributed by atoms with E-state index in [0.717, 1.165) is 15.9 Å². The molecule has 3 heteroatoms. The van der Waals surface area contributed by atoms with Crippen LogP contribution in [0.3, 0.4) is 0 Å². The van der Waals surface area contributed by atoms with Crippen molar-refractivity contribution in [1.29, 1.82) is 0 Å². The van der Waals surface area contributed by atoms with Gasteiger partial charge in [-0.05, 0) is 37.1 Å². The van der Waals surface area contributed by atoms with Gasteiger partial charge in [0.25, 0.3) is 0 Å². The van der Waals surface area contributed by atoms with E-state index in [1.54, 1.807) is 0 Å². The summed E-state index contributed by atoms with van der Waals surface area (Å²) in [7, 11) is 2.00. The summed E-state index contributed by atoms with van der Waals surface area (Å²) in [6, 6.07) is 6.54. The molecule has 1 unspecified atom stereocenters. The molecule has 0 aliphatic heterocycles. The zero-order chi connectivity index (χ0) is 11.4. The minimum Gasteiger partial charge on any atom is -0.316 e. The van der Waals surface area contributed by atoms with Crippen LogP contribution in [-0.4, -0.2) is 13.1 Å². The smallest absolute Gasteiger partial charge is 0.0449 e. The molecule has 0 heterocycles. The topological polar surface area (TPSA) is 12.0 Å². The Bertz CT molecular complexity index is 325. The van der Waals surface area contributed by atoms with Crippen molar-refractivity contribution in [1.82, 2.24) is 5.32 Å². The number of hydrogen-bond donors (Lipinski definition) is 1. The summed E-state index contributed by atoms with van der Waals surface area (Å²) in [5.41, 5.74) is 1.20. The van der Waals surface area contributed by atoms with Gasteiger partial charge in [-0.1, -0.05) is 47.4 Å². The third-order valence-corrected chi connectivity index (χ3v) is 3.48. The maximum atomic E-state index is 6.18. The van der Waals surface area contributed by atoms with E-state index in [1.165, 1.54) is 5.56 Å². The molecule has 0 saturated carbocycles. The number of halogens is 2. The Morgan fingerprint density at radius 2 is 2.07 bits per heavy atom. The highest BCUT2D eigenvalue weighted by atomic mass is 79.9. The predicted molar refractivity (Wildman–Crippen MR) is 70.5 cm³/mol. The van der Waals surface area contributed by atoms with Gasteiger partial charge < -0.3 is 5.32 Å². The lowest BCUT2D eigenvalue weighted by molar-refractivity contribution is 0.424. The highest BCUT2D eigenvalue weighted by Crippen LogP contribution is 2.23. The highest BCUT2D eigenvalue weighted by molar-refractivity contribution is 9.10. The van der Waals surface area contributed by atoms with Crippen molar-refractivity contribution in [2.45, 2.75) is 26.3 Å². The van der Waals surface area contributed by atoms with Crippen LogP contribution in [0.25, 0.3) is 0 Å². The summed E-state index contributed by atoms with van der Waals surface area (Å²) in [5, 5.41) is 4.16. The Morgan fingerprint density at radius 3 is 2.53 bits per heavy atom. The minimum atomic E-state index is 0.476. The number of likely N-dealkylation sites (N-methyl/N-ethyl adjacent to an activating group) is 1. The van der Waals surface area contributed by atoms with Gasteiger partial charge in [0, 0.05) is 15.5 Å². The van der Waals surface area contributed by atoms with Gasteiger partial charge >= 0.3 is 0 Å². The Labute approximate surface area is 105 Å². The van der Waals surface area contributed by atoms with Crippen LogP contribution in [0, 0.1) is 5.92 Å². The first kappa shape index (κ1) is 13.0. The van der Waals surface area contributed by atoms with Crippen molar-refractivity contribution in [2.75, 3.05) is 7.05 Å². The van der Waals surface area contributed by atoms with E-state index in [2.05, 4.69) is 41.2 Å². The van der Waals surface area contributed by atoms with Gasteiger partial charge in [-0.25, -0.2) is 0 Å². The number of nitrogens with one attached hydrogen (secondary N) is 1. The van der Waals surface area contributed by atoms with Crippen LogP contribution in [0.2, 0.25) is 5.02 Å². The summed E-state index contributed by atoms with van der Waals surface area (Å²) in [6.07, 6.45) is 0.972. The Morgan fingerprint density at radius 1 is 1.40 bits per heavy atom. The largest absolute Gasteiger partial charge is 0.316 e. The summed E-state index contributed by atoms with van der Waals surface area (Å²) in [4.78, 5) is 0. The zero-order valence-corrected chi connectivity index (χ0v) is 11.7. The van der Waals surface area contributed by atoms with Gasteiger partial charge in [0.1, 0.15) is 0 Å². The van der Waals surface area contributed by atoms with Crippen molar-refractivity contribution in [2.24, 2.45) is 5.92 Å². The molecule has 1 nitrogen and oxygen atoms in total. The molecule has 1 atom stereocenters. The van der Waals surface area contributed by atoms with Gasteiger partial charge in [0.15, 0.2) is 0 Å². The fraction of sp³-hybridized carbons (Fsp3) is 0.500. The second kappa shape index (κ2) is 5.88. The second-order valence-corrected chi connectivity index (χ2v) is 5.40. The van der Waals surface area contributed by atoms with Crippen molar-refractivity contribution in [3.63, 3.8) is 0 Å². The Hall–Kier alpha value is -0.0500. The van der Waals surface area contributed by atoms with Crippen LogP contribution in [0.1, 0.15) is 19.4 Å². The average Bonchev–Trinajstić information content (AvgIpc) is 2.16. The molecule has 1 aromatic rings. The van der Waals surface area contributed by atoms with Crippen LogP contribution in [-0.2, 0) is 6.42 Å². The SMILES string of the molecule is CNC(Cc1ccc(Br)cc1Cl)C(C)C. The lowest BCUT2D eigenvalue weighted by atomic mass is 9.97. The van der Waals surface area contributed by atoms with Crippen molar-refractivity contribution in [3.8, 4) is 0 Å². The van der Waals surface area contributed by atoms with Crippen LogP contribution >= 0.6 is 27.5 Å². The van der Waals surface area contributed by atoms with Gasteiger partial charge in [0.2, 0.25) is 0 Å². The summed E-state index contributed by atoms with van der Waals surface area (Å²) in [6.45, 7) is 4.43. The van der Waals surface area contributed by atoms with Crippen LogP contribution in [0.5, 0.6) is 0 Å². The van der Waals surface area contributed by atoms with Crippen molar-refractivity contribution >= 4 is 27.5 Å². The first-order valence-corrected chi connectivity index (χ1v) is 6.33. The molecule has 1 rings (SSSR count). The molecule has 0 bridgehead atoms. The van der Waals surface area contributed by atoms with Gasteiger partial charge in [0.05, 0.1) is 0 Å². The van der Waals surface area contributed by atoms with Crippen molar-refractivity contribution < 1.29 is 0 Å². The Balaban J connectivity index is 2.79. The summed E-state index contributed by atoms with van der Waals surface area (Å²) < 4.78 is 1.03. The quantitative estimate of drug-likeness (QED) is 0.887. The third-order valence-electron chi connectivity index (χ3n) is 2.63. The minimum absolute atomic E-state index is 0.476. The maximum Gasteiger partial charge on any atom is 0.0449 e. The molecule has 0 aliphatic rings. The summed E-state index contributed by atoms with van der Waals surface area (Å²) in [5.74, 6) is 0.606. The van der Waals surface area contributed by atoms with E-state index in [0.29, 0.717) is 12.0 Å². The van der Waals surface area contributed by atoms with E-state index in [1.807, 2.05) is 19.2 Å². The molecule has 0 aliphatic carbocycles. The van der Waals surface area contributed by atoms with Crippen LogP contribution in [0.15, 0.2) is 22.7 Å². The third kappa shape index (κ3) is 3.78. The van der Waals surface area contributed by atoms with E-state index >= 15 is 0 Å². The van der Waals surface area contributed by atoms with E-state index in [-0.39, 0.29) is 0 Å². The molecule has 1 N–H and O–H groups in total.